The summed E-state index contributed by atoms with van der Waals surface area (Å²) in [6.07, 6.45) is 3.04. The van der Waals surface area contributed by atoms with E-state index in [9.17, 15) is 0 Å². The van der Waals surface area contributed by atoms with Crippen molar-refractivity contribution in [3.63, 3.8) is 0 Å². The molecular weight excluding hydrogens is 288 g/mol. The lowest BCUT2D eigenvalue weighted by Gasteiger charge is -2.39. The van der Waals surface area contributed by atoms with E-state index in [0.29, 0.717) is 16.5 Å². The average Bonchev–Trinajstić information content (AvgIpc) is 2.44. The fourth-order valence-electron chi connectivity index (χ4n) is 2.63. The normalized spacial score (nSPS) is 21.9. The monoisotopic (exact) mass is 306 g/mol. The Bertz CT molecular complexity index is 627. The molecule has 0 saturated carbocycles. The van der Waals surface area contributed by atoms with Crippen molar-refractivity contribution in [3.05, 3.63) is 35.5 Å². The number of thioether (sulfide) groups is 1. The SMILES string of the molecule is CC1(C)CCSCC1Nc1ccc(Cl)c2ncccc12. The van der Waals surface area contributed by atoms with Crippen LogP contribution in [0.4, 0.5) is 5.69 Å². The second-order valence-electron chi connectivity index (χ2n) is 6.00. The van der Waals surface area contributed by atoms with Crippen LogP contribution in [0.3, 0.4) is 0 Å². The van der Waals surface area contributed by atoms with Gasteiger partial charge in [-0.05, 0) is 41.9 Å². The molecule has 1 aliphatic heterocycles. The third-order valence-corrected chi connectivity index (χ3v) is 5.54. The summed E-state index contributed by atoms with van der Waals surface area (Å²) >= 11 is 8.26. The second-order valence-corrected chi connectivity index (χ2v) is 7.56. The average molecular weight is 307 g/mol. The van der Waals surface area contributed by atoms with Crippen LogP contribution in [-0.4, -0.2) is 22.5 Å². The molecule has 4 heteroatoms. The Morgan fingerprint density at radius 1 is 1.35 bits per heavy atom. The first kappa shape index (κ1) is 14.0. The van der Waals surface area contributed by atoms with Crippen molar-refractivity contribution >= 4 is 40.0 Å². The van der Waals surface area contributed by atoms with Crippen LogP contribution < -0.4 is 5.32 Å². The minimum atomic E-state index is 0.319. The largest absolute Gasteiger partial charge is 0.380 e. The highest BCUT2D eigenvalue weighted by atomic mass is 35.5. The van der Waals surface area contributed by atoms with E-state index in [0.717, 1.165) is 22.3 Å². The Hall–Kier alpha value is -0.930. The molecule has 0 bridgehead atoms. The molecule has 2 aromatic rings. The lowest BCUT2D eigenvalue weighted by molar-refractivity contribution is 0.305. The maximum absolute atomic E-state index is 6.23. The number of benzene rings is 1. The summed E-state index contributed by atoms with van der Waals surface area (Å²) < 4.78 is 0. The molecular formula is C16H19ClN2S. The van der Waals surface area contributed by atoms with Crippen LogP contribution in [-0.2, 0) is 0 Å². The number of hydrogen-bond acceptors (Lipinski definition) is 3. The third-order valence-electron chi connectivity index (χ3n) is 4.17. The first-order valence-electron chi connectivity index (χ1n) is 6.95. The van der Waals surface area contributed by atoms with Gasteiger partial charge in [0, 0.05) is 29.1 Å². The van der Waals surface area contributed by atoms with Gasteiger partial charge in [-0.15, -0.1) is 0 Å². The Morgan fingerprint density at radius 3 is 3.00 bits per heavy atom. The van der Waals surface area contributed by atoms with Crippen LogP contribution in [0, 0.1) is 5.41 Å². The molecule has 106 valence electrons. The predicted octanol–water partition coefficient (Wildman–Crippen LogP) is 4.83. The van der Waals surface area contributed by atoms with Gasteiger partial charge in [0.05, 0.1) is 10.5 Å². The summed E-state index contributed by atoms with van der Waals surface area (Å²) in [5.74, 6) is 2.41. The quantitative estimate of drug-likeness (QED) is 0.860. The van der Waals surface area contributed by atoms with Gasteiger partial charge in [-0.25, -0.2) is 0 Å². The van der Waals surface area contributed by atoms with Crippen LogP contribution >= 0.6 is 23.4 Å². The van der Waals surface area contributed by atoms with Gasteiger partial charge in [0.2, 0.25) is 0 Å². The van der Waals surface area contributed by atoms with Crippen molar-refractivity contribution in [3.8, 4) is 0 Å². The predicted molar refractivity (Wildman–Crippen MR) is 89.9 cm³/mol. The number of aromatic nitrogens is 1. The van der Waals surface area contributed by atoms with E-state index in [1.807, 2.05) is 23.9 Å². The molecule has 1 fully saturated rings. The molecule has 1 aromatic heterocycles. The molecule has 1 unspecified atom stereocenters. The number of hydrogen-bond donors (Lipinski definition) is 1. The third kappa shape index (κ3) is 2.61. The summed E-state index contributed by atoms with van der Waals surface area (Å²) in [7, 11) is 0. The van der Waals surface area contributed by atoms with E-state index in [1.165, 1.54) is 12.2 Å². The van der Waals surface area contributed by atoms with Gasteiger partial charge in [0.15, 0.2) is 0 Å². The summed E-state index contributed by atoms with van der Waals surface area (Å²) in [6.45, 7) is 4.70. The topological polar surface area (TPSA) is 24.9 Å². The van der Waals surface area contributed by atoms with Gasteiger partial charge in [0.1, 0.15) is 0 Å². The standard InChI is InChI=1S/C16H19ClN2S/c1-16(2)7-9-20-10-14(16)19-13-6-5-12(17)15-11(13)4-3-8-18-15/h3-6,8,14,19H,7,9-10H2,1-2H3. The van der Waals surface area contributed by atoms with E-state index in [-0.39, 0.29) is 0 Å². The highest BCUT2D eigenvalue weighted by Gasteiger charge is 2.32. The van der Waals surface area contributed by atoms with Crippen molar-refractivity contribution < 1.29 is 0 Å². The Labute approximate surface area is 129 Å². The Kier molecular flexibility index (Phi) is 3.83. The molecule has 0 aliphatic carbocycles. The van der Waals surface area contributed by atoms with E-state index in [1.54, 1.807) is 6.20 Å². The number of nitrogens with one attached hydrogen (secondary N) is 1. The lowest BCUT2D eigenvalue weighted by atomic mass is 9.82. The van der Waals surface area contributed by atoms with Gasteiger partial charge >= 0.3 is 0 Å². The molecule has 2 heterocycles. The van der Waals surface area contributed by atoms with Gasteiger partial charge < -0.3 is 5.32 Å². The van der Waals surface area contributed by atoms with Gasteiger partial charge in [0.25, 0.3) is 0 Å². The number of rotatable bonds is 2. The zero-order valence-electron chi connectivity index (χ0n) is 11.8. The van der Waals surface area contributed by atoms with Gasteiger partial charge in [-0.2, -0.15) is 11.8 Å². The highest BCUT2D eigenvalue weighted by molar-refractivity contribution is 7.99. The number of halogens is 1. The lowest BCUT2D eigenvalue weighted by Crippen LogP contribution is -2.41. The van der Waals surface area contributed by atoms with E-state index in [2.05, 4.69) is 36.3 Å². The molecule has 20 heavy (non-hydrogen) atoms. The van der Waals surface area contributed by atoms with Crippen LogP contribution in [0.15, 0.2) is 30.5 Å². The maximum atomic E-state index is 6.23. The van der Waals surface area contributed by atoms with Crippen LogP contribution in [0.5, 0.6) is 0 Å². The summed E-state index contributed by atoms with van der Waals surface area (Å²) in [6, 6.07) is 8.53. The maximum Gasteiger partial charge on any atom is 0.0908 e. The van der Waals surface area contributed by atoms with Crippen molar-refractivity contribution in [2.75, 3.05) is 16.8 Å². The minimum absolute atomic E-state index is 0.319. The Morgan fingerprint density at radius 2 is 2.20 bits per heavy atom. The number of pyridine rings is 1. The number of fused-ring (bicyclic) bond motifs is 1. The van der Waals surface area contributed by atoms with Crippen molar-refractivity contribution in [1.82, 2.24) is 4.98 Å². The zero-order valence-corrected chi connectivity index (χ0v) is 13.4. The summed E-state index contributed by atoms with van der Waals surface area (Å²) in [5.41, 5.74) is 2.33. The molecule has 3 rings (SSSR count). The first-order valence-corrected chi connectivity index (χ1v) is 8.49. The molecule has 1 saturated heterocycles. The van der Waals surface area contributed by atoms with Crippen LogP contribution in [0.25, 0.3) is 10.9 Å². The van der Waals surface area contributed by atoms with Crippen molar-refractivity contribution in [2.45, 2.75) is 26.3 Å². The number of anilines is 1. The van der Waals surface area contributed by atoms with Crippen molar-refractivity contribution in [2.24, 2.45) is 5.41 Å². The summed E-state index contributed by atoms with van der Waals surface area (Å²) in [5, 5.41) is 5.54. The van der Waals surface area contributed by atoms with E-state index < -0.39 is 0 Å². The Balaban J connectivity index is 1.97. The van der Waals surface area contributed by atoms with E-state index >= 15 is 0 Å². The molecule has 0 radical (unpaired) electrons. The first-order chi connectivity index (χ1) is 9.58. The molecule has 0 spiro atoms. The summed E-state index contributed by atoms with van der Waals surface area (Å²) in [4.78, 5) is 4.39. The smallest absolute Gasteiger partial charge is 0.0908 e. The van der Waals surface area contributed by atoms with Crippen LogP contribution in [0.1, 0.15) is 20.3 Å². The molecule has 1 aliphatic rings. The molecule has 1 aromatic carbocycles. The molecule has 2 nitrogen and oxygen atoms in total. The van der Waals surface area contributed by atoms with Gasteiger partial charge in [-0.1, -0.05) is 25.4 Å². The number of nitrogens with zero attached hydrogens (tertiary/aromatic N) is 1. The van der Waals surface area contributed by atoms with Gasteiger partial charge in [-0.3, -0.25) is 4.98 Å². The fourth-order valence-corrected chi connectivity index (χ4v) is 4.45. The van der Waals surface area contributed by atoms with Crippen LogP contribution in [0.2, 0.25) is 5.02 Å². The van der Waals surface area contributed by atoms with E-state index in [4.69, 9.17) is 11.6 Å². The molecule has 1 atom stereocenters. The second kappa shape index (κ2) is 5.45. The minimum Gasteiger partial charge on any atom is -0.380 e. The molecule has 1 N–H and O–H groups in total. The van der Waals surface area contributed by atoms with Crippen molar-refractivity contribution in [1.29, 1.82) is 0 Å². The molecule has 0 amide bonds. The zero-order chi connectivity index (χ0) is 14.2. The highest BCUT2D eigenvalue weighted by Crippen LogP contribution is 2.37. The fraction of sp³-hybridized carbons (Fsp3) is 0.438.